The summed E-state index contributed by atoms with van der Waals surface area (Å²) in [4.78, 5) is 40.1. The molecule has 0 unspecified atom stereocenters. The lowest BCUT2D eigenvalue weighted by molar-refractivity contribution is -0.131. The second-order valence-corrected chi connectivity index (χ2v) is 18.6. The number of aryl methyl sites for hydroxylation is 2. The predicted octanol–water partition coefficient (Wildman–Crippen LogP) is 11.8. The van der Waals surface area contributed by atoms with Crippen molar-refractivity contribution in [3.05, 3.63) is 166 Å². The second-order valence-electron chi connectivity index (χ2n) is 18.6. The van der Waals surface area contributed by atoms with Crippen molar-refractivity contribution in [3.63, 3.8) is 0 Å². The highest BCUT2D eigenvalue weighted by molar-refractivity contribution is 5.80. The maximum atomic E-state index is 11.9. The minimum absolute atomic E-state index is 0.134. The molecule has 2 fully saturated rings. The van der Waals surface area contributed by atoms with Crippen molar-refractivity contribution in [3.8, 4) is 22.5 Å². The van der Waals surface area contributed by atoms with Gasteiger partial charge in [0.15, 0.2) is 11.3 Å². The first-order chi connectivity index (χ1) is 32.5. The van der Waals surface area contributed by atoms with Crippen molar-refractivity contribution >= 4 is 40.0 Å². The Morgan fingerprint density at radius 2 is 1.15 bits per heavy atom. The minimum atomic E-state index is -0.134. The molecule has 11 nitrogen and oxygen atoms in total. The molecule has 8 aromatic rings. The Balaban J connectivity index is 0.000000168. The number of fused-ring (bicyclic) bond motifs is 2. The number of anilines is 4. The van der Waals surface area contributed by atoms with Crippen LogP contribution in [0.2, 0.25) is 0 Å². The van der Waals surface area contributed by atoms with Crippen LogP contribution in [0.5, 0.6) is 0 Å². The van der Waals surface area contributed by atoms with Crippen LogP contribution >= 0.6 is 0 Å². The maximum absolute atomic E-state index is 11.9. The molecular weight excluding hydrogens is 831 g/mol. The Kier molecular flexibility index (Phi) is 13.4. The third-order valence-electron chi connectivity index (χ3n) is 14.1. The average molecular weight is 894 g/mol. The Morgan fingerprint density at radius 1 is 0.657 bits per heavy atom. The van der Waals surface area contributed by atoms with Crippen molar-refractivity contribution in [1.82, 2.24) is 33.6 Å². The summed E-state index contributed by atoms with van der Waals surface area (Å²) in [6.07, 6.45) is 14.3. The molecule has 344 valence electrons. The maximum Gasteiger partial charge on any atom is 0.248 e. The van der Waals surface area contributed by atoms with Crippen molar-refractivity contribution in [2.45, 2.75) is 91.5 Å². The van der Waals surface area contributed by atoms with E-state index in [9.17, 15) is 9.59 Å². The second kappa shape index (κ2) is 19.9. The van der Waals surface area contributed by atoms with E-state index >= 15 is 0 Å². The molecule has 0 bridgehead atoms. The van der Waals surface area contributed by atoms with Gasteiger partial charge < -0.3 is 25.4 Å². The van der Waals surface area contributed by atoms with Crippen LogP contribution in [0.3, 0.4) is 0 Å². The van der Waals surface area contributed by atoms with Gasteiger partial charge in [0.05, 0.1) is 22.8 Å². The zero-order valence-corrected chi connectivity index (χ0v) is 39.7. The molecule has 11 heteroatoms. The van der Waals surface area contributed by atoms with Crippen molar-refractivity contribution in [2.24, 2.45) is 0 Å². The molecule has 2 aliphatic heterocycles. The molecule has 5 aromatic heterocycles. The van der Waals surface area contributed by atoms with E-state index in [1.54, 1.807) is 18.5 Å². The van der Waals surface area contributed by atoms with Gasteiger partial charge in [-0.2, -0.15) is 0 Å². The summed E-state index contributed by atoms with van der Waals surface area (Å²) in [5, 5.41) is 7.08. The van der Waals surface area contributed by atoms with E-state index < -0.39 is 0 Å². The number of imidazole rings is 2. The Labute approximate surface area is 393 Å². The zero-order valence-electron chi connectivity index (χ0n) is 39.7. The molecule has 2 aliphatic rings. The van der Waals surface area contributed by atoms with E-state index in [4.69, 9.17) is 0 Å². The third-order valence-corrected chi connectivity index (χ3v) is 14.1. The summed E-state index contributed by atoms with van der Waals surface area (Å²) in [5.74, 6) is 1.42. The zero-order chi connectivity index (χ0) is 46.6. The first kappa shape index (κ1) is 45.2. The highest BCUT2D eigenvalue weighted by Gasteiger charge is 2.24. The lowest BCUT2D eigenvalue weighted by atomic mass is 9.89. The predicted molar refractivity (Wildman–Crippen MR) is 273 cm³/mol. The van der Waals surface area contributed by atoms with Crippen LogP contribution in [0.1, 0.15) is 92.5 Å². The largest absolute Gasteiger partial charge is 0.352 e. The summed E-state index contributed by atoms with van der Waals surface area (Å²) in [6, 6.07) is 34.6. The number of hydrogen-bond acceptors (Lipinski definition) is 7. The molecule has 7 heterocycles. The Bertz CT molecular complexity index is 3020. The van der Waals surface area contributed by atoms with Crippen LogP contribution < -0.4 is 16.2 Å². The number of piperidine rings is 2. The molecule has 0 aliphatic carbocycles. The normalized spacial score (nSPS) is 14.9. The summed E-state index contributed by atoms with van der Waals surface area (Å²) in [6.45, 7) is 17.2. The summed E-state index contributed by atoms with van der Waals surface area (Å²) < 4.78 is 4.17. The average Bonchev–Trinajstić information content (AvgIpc) is 4.06. The van der Waals surface area contributed by atoms with E-state index in [1.165, 1.54) is 59.3 Å². The number of nitrogens with one attached hydrogen (secondary N) is 3. The van der Waals surface area contributed by atoms with Gasteiger partial charge in [-0.05, 0) is 185 Å². The summed E-state index contributed by atoms with van der Waals surface area (Å²) >= 11 is 0. The lowest BCUT2D eigenvalue weighted by Crippen LogP contribution is -2.37. The smallest absolute Gasteiger partial charge is 0.248 e. The van der Waals surface area contributed by atoms with Gasteiger partial charge in [-0.3, -0.25) is 18.4 Å². The first-order valence-electron chi connectivity index (χ1n) is 24.0. The number of aromatic amines is 1. The molecule has 67 heavy (non-hydrogen) atoms. The van der Waals surface area contributed by atoms with Gasteiger partial charge in [-0.1, -0.05) is 31.2 Å². The monoisotopic (exact) mass is 894 g/mol. The van der Waals surface area contributed by atoms with Gasteiger partial charge in [-0.25, -0.2) is 9.97 Å². The number of carbonyl (C=O) groups is 1. The SMILES string of the molecule is CCC(=O)N1CCC(c2ccc(Nc3ccc(-c4cc[nH]c(=O)c4)n4ccnc34)cc2)CC1.Cc1cc(-c2ccc(Nc3ccc(C4CCN(C(C)C)CC4)cc3)c3nccn23)cc(C)c1C. The van der Waals surface area contributed by atoms with Crippen LogP contribution in [-0.4, -0.2) is 71.7 Å². The van der Waals surface area contributed by atoms with E-state index in [0.717, 1.165) is 76.9 Å². The fraction of sp³-hybridized carbons (Fsp3) is 0.321. The van der Waals surface area contributed by atoms with Gasteiger partial charge >= 0.3 is 0 Å². The van der Waals surface area contributed by atoms with E-state index in [2.05, 4.69) is 142 Å². The highest BCUT2D eigenvalue weighted by Crippen LogP contribution is 2.34. The molecule has 0 spiro atoms. The van der Waals surface area contributed by atoms with E-state index in [0.29, 0.717) is 24.3 Å². The molecule has 0 atom stereocenters. The molecule has 1 amide bonds. The van der Waals surface area contributed by atoms with Crippen LogP contribution in [0.4, 0.5) is 22.7 Å². The van der Waals surface area contributed by atoms with Gasteiger partial charge in [0, 0.05) is 79.5 Å². The number of hydrogen-bond donors (Lipinski definition) is 3. The standard InChI is InChI=1S/C30H36N4.C26H27N5O2/c1-20(2)33-15-12-25(13-16-33)24-6-8-27(9-7-24)32-28-10-11-29(34-17-14-31-30(28)34)26-18-21(3)23(5)22(4)19-26;1-2-25(33)30-14-10-19(11-15-30)18-3-5-21(6-4-18)29-22-7-8-23(31-16-13-28-26(22)31)20-9-12-27-24(32)17-20/h6-11,14,17-20,25,32H,12-13,15-16H2,1-5H3;3-9,12-13,16-17,19,29H,2,10-11,14-15H2,1H3,(H,27,32). The Morgan fingerprint density at radius 3 is 1.63 bits per heavy atom. The first-order valence-corrected chi connectivity index (χ1v) is 24.0. The molecule has 10 rings (SSSR count). The Hall–Kier alpha value is -6.98. The van der Waals surface area contributed by atoms with Gasteiger partial charge in [-0.15, -0.1) is 0 Å². The number of carbonyl (C=O) groups excluding carboxylic acids is 1. The minimum Gasteiger partial charge on any atom is -0.352 e. The molecular formula is C56H63N9O2. The fourth-order valence-electron chi connectivity index (χ4n) is 9.90. The van der Waals surface area contributed by atoms with Crippen molar-refractivity contribution in [1.29, 1.82) is 0 Å². The lowest BCUT2D eigenvalue weighted by Gasteiger charge is -2.34. The molecule has 2 saturated heterocycles. The number of H-pyrrole nitrogens is 1. The van der Waals surface area contributed by atoms with Gasteiger partial charge in [0.2, 0.25) is 11.5 Å². The van der Waals surface area contributed by atoms with Crippen molar-refractivity contribution in [2.75, 3.05) is 36.8 Å². The summed E-state index contributed by atoms with van der Waals surface area (Å²) in [7, 11) is 0. The number of benzene rings is 3. The van der Waals surface area contributed by atoms with Crippen LogP contribution in [0, 0.1) is 20.8 Å². The number of pyridine rings is 3. The molecule has 0 saturated carbocycles. The quantitative estimate of drug-likeness (QED) is 0.125. The molecule has 3 aromatic carbocycles. The number of likely N-dealkylation sites (tertiary alicyclic amines) is 2. The van der Waals surface area contributed by atoms with Crippen molar-refractivity contribution < 1.29 is 4.79 Å². The fourth-order valence-corrected chi connectivity index (χ4v) is 9.90. The van der Waals surface area contributed by atoms with Crippen LogP contribution in [0.25, 0.3) is 33.8 Å². The molecule has 3 N–H and O–H groups in total. The number of aromatic nitrogens is 5. The van der Waals surface area contributed by atoms with Crippen LogP contribution in [0.15, 0.2) is 133 Å². The number of amides is 1. The third kappa shape index (κ3) is 9.93. The highest BCUT2D eigenvalue weighted by atomic mass is 16.2. The van der Waals surface area contributed by atoms with E-state index in [1.807, 2.05) is 53.0 Å². The molecule has 0 radical (unpaired) electrons. The number of rotatable bonds is 10. The number of nitrogens with zero attached hydrogens (tertiary/aromatic N) is 6. The topological polar surface area (TPSA) is 115 Å². The summed E-state index contributed by atoms with van der Waals surface area (Å²) in [5.41, 5.74) is 16.5. The van der Waals surface area contributed by atoms with Gasteiger partial charge in [0.1, 0.15) is 0 Å². The van der Waals surface area contributed by atoms with Gasteiger partial charge in [0.25, 0.3) is 0 Å². The van der Waals surface area contributed by atoms with E-state index in [-0.39, 0.29) is 11.5 Å². The van der Waals surface area contributed by atoms with Crippen LogP contribution in [-0.2, 0) is 4.79 Å².